The molecule has 1 heterocycles. The lowest BCUT2D eigenvalue weighted by molar-refractivity contribution is 1.00. The summed E-state index contributed by atoms with van der Waals surface area (Å²) in [5.41, 5.74) is 7.49. The van der Waals surface area contributed by atoms with E-state index in [4.69, 9.17) is 9.98 Å². The van der Waals surface area contributed by atoms with Crippen LogP contribution in [0.1, 0.15) is 25.5 Å². The Kier molecular flexibility index (Phi) is 6.81. The van der Waals surface area contributed by atoms with Gasteiger partial charge in [0.15, 0.2) is 11.6 Å². The predicted octanol–water partition coefficient (Wildman–Crippen LogP) is 7.49. The molecule has 4 aromatic carbocycles. The van der Waals surface area contributed by atoms with Crippen molar-refractivity contribution in [3.8, 4) is 22.3 Å². The van der Waals surface area contributed by atoms with Crippen molar-refractivity contribution in [1.82, 2.24) is 15.0 Å². The Morgan fingerprint density at radius 3 is 1.33 bits per heavy atom. The molecule has 1 aromatic heterocycles. The van der Waals surface area contributed by atoms with Gasteiger partial charge in [0.2, 0.25) is 0 Å². The first-order valence-electron chi connectivity index (χ1n) is 11.8. The molecule has 0 radical (unpaired) electrons. The second-order valence-corrected chi connectivity index (χ2v) is 8.29. The fraction of sp³-hybridized carbons (Fsp3) is 0.0645. The first-order valence-corrected chi connectivity index (χ1v) is 11.8. The molecule has 5 rings (SSSR count). The van der Waals surface area contributed by atoms with Crippen LogP contribution in [0.4, 0.5) is 11.4 Å². The highest BCUT2D eigenvalue weighted by Gasteiger charge is 2.11. The van der Waals surface area contributed by atoms with Gasteiger partial charge in [0.25, 0.3) is 0 Å². The van der Waals surface area contributed by atoms with Crippen molar-refractivity contribution >= 4 is 22.8 Å². The normalized spacial score (nSPS) is 11.9. The van der Waals surface area contributed by atoms with Crippen molar-refractivity contribution < 1.29 is 0 Å². The van der Waals surface area contributed by atoms with E-state index in [0.717, 1.165) is 33.6 Å². The van der Waals surface area contributed by atoms with Crippen molar-refractivity contribution in [3.63, 3.8) is 0 Å². The van der Waals surface area contributed by atoms with Gasteiger partial charge in [0.05, 0.1) is 22.8 Å². The summed E-state index contributed by atoms with van der Waals surface area (Å²) in [6.07, 6.45) is 1.52. The number of hydrogen-bond donors (Lipinski definition) is 0. The van der Waals surface area contributed by atoms with Crippen molar-refractivity contribution in [2.24, 2.45) is 9.98 Å². The zero-order valence-electron chi connectivity index (χ0n) is 20.2. The first kappa shape index (κ1) is 23.0. The van der Waals surface area contributed by atoms with Crippen LogP contribution >= 0.6 is 0 Å². The molecule has 0 amide bonds. The van der Waals surface area contributed by atoms with Gasteiger partial charge in [0.1, 0.15) is 6.33 Å². The summed E-state index contributed by atoms with van der Waals surface area (Å²) in [6, 6.07) is 36.6. The molecule has 0 spiro atoms. The Morgan fingerprint density at radius 1 is 0.500 bits per heavy atom. The van der Waals surface area contributed by atoms with Gasteiger partial charge in [-0.2, -0.15) is 0 Å². The minimum absolute atomic E-state index is 0.522. The van der Waals surface area contributed by atoms with Crippen LogP contribution < -0.4 is 0 Å². The Balaban J connectivity index is 1.48. The molecular formula is C31H25N5. The Labute approximate surface area is 211 Å². The Morgan fingerprint density at radius 2 is 0.889 bits per heavy atom. The summed E-state index contributed by atoms with van der Waals surface area (Å²) in [5, 5.41) is 0. The summed E-state index contributed by atoms with van der Waals surface area (Å²) in [7, 11) is 0. The summed E-state index contributed by atoms with van der Waals surface area (Å²) >= 11 is 0. The molecule has 174 valence electrons. The summed E-state index contributed by atoms with van der Waals surface area (Å²) in [5.74, 6) is 1.04. The number of aliphatic imine (C=N–C) groups is 2. The van der Waals surface area contributed by atoms with Gasteiger partial charge in [-0.3, -0.25) is 0 Å². The molecule has 0 bridgehead atoms. The standard InChI is InChI=1S/C31H25N5/c1-22(34-28-19-11-9-17-26(28)24-13-5-3-6-14-24)30-32-21-33-31(36-30)23(2)35-29-20-12-10-18-27(29)25-15-7-4-8-16-25/h3-21H,1-2H3. The van der Waals surface area contributed by atoms with Crippen LogP contribution in [0, 0.1) is 0 Å². The third kappa shape index (κ3) is 5.15. The van der Waals surface area contributed by atoms with Gasteiger partial charge in [-0.15, -0.1) is 0 Å². The zero-order chi connectivity index (χ0) is 24.7. The van der Waals surface area contributed by atoms with Crippen LogP contribution in [-0.2, 0) is 0 Å². The highest BCUT2D eigenvalue weighted by molar-refractivity contribution is 6.01. The van der Waals surface area contributed by atoms with Crippen LogP contribution in [0.3, 0.4) is 0 Å². The minimum atomic E-state index is 0.522. The van der Waals surface area contributed by atoms with E-state index in [1.807, 2.05) is 86.6 Å². The molecule has 36 heavy (non-hydrogen) atoms. The SMILES string of the molecule is CC(=Nc1ccccc1-c1ccccc1)c1ncnc(C(C)=Nc2ccccc2-c2ccccc2)n1. The maximum Gasteiger partial charge on any atom is 0.177 e. The average molecular weight is 468 g/mol. The van der Waals surface area contributed by atoms with E-state index in [0.29, 0.717) is 23.1 Å². The maximum atomic E-state index is 4.87. The molecule has 0 aliphatic rings. The van der Waals surface area contributed by atoms with Gasteiger partial charge >= 0.3 is 0 Å². The quantitative estimate of drug-likeness (QED) is 0.243. The molecule has 0 fully saturated rings. The fourth-order valence-electron chi connectivity index (χ4n) is 3.97. The topological polar surface area (TPSA) is 63.4 Å². The molecule has 0 saturated carbocycles. The lowest BCUT2D eigenvalue weighted by Crippen LogP contribution is -2.10. The van der Waals surface area contributed by atoms with E-state index >= 15 is 0 Å². The molecular weight excluding hydrogens is 442 g/mol. The van der Waals surface area contributed by atoms with Crippen molar-refractivity contribution in [1.29, 1.82) is 0 Å². The van der Waals surface area contributed by atoms with Crippen LogP contribution in [-0.4, -0.2) is 26.4 Å². The van der Waals surface area contributed by atoms with Crippen LogP contribution in [0.15, 0.2) is 126 Å². The van der Waals surface area contributed by atoms with Crippen LogP contribution in [0.2, 0.25) is 0 Å². The zero-order valence-corrected chi connectivity index (χ0v) is 20.2. The third-order valence-corrected chi connectivity index (χ3v) is 5.77. The van der Waals surface area contributed by atoms with Crippen LogP contribution in [0.25, 0.3) is 22.3 Å². The minimum Gasteiger partial charge on any atom is -0.249 e. The predicted molar refractivity (Wildman–Crippen MR) is 147 cm³/mol. The second-order valence-electron chi connectivity index (χ2n) is 8.29. The van der Waals surface area contributed by atoms with E-state index in [1.54, 1.807) is 0 Å². The summed E-state index contributed by atoms with van der Waals surface area (Å²) < 4.78 is 0. The maximum absolute atomic E-state index is 4.87. The van der Waals surface area contributed by atoms with E-state index in [9.17, 15) is 0 Å². The van der Waals surface area contributed by atoms with E-state index in [2.05, 4.69) is 51.4 Å². The van der Waals surface area contributed by atoms with E-state index in [-0.39, 0.29) is 0 Å². The highest BCUT2D eigenvalue weighted by atomic mass is 15.0. The van der Waals surface area contributed by atoms with Gasteiger partial charge in [-0.05, 0) is 37.1 Å². The summed E-state index contributed by atoms with van der Waals surface area (Å²) in [6.45, 7) is 3.83. The third-order valence-electron chi connectivity index (χ3n) is 5.77. The lowest BCUT2D eigenvalue weighted by Gasteiger charge is -2.08. The number of rotatable bonds is 6. The Bertz CT molecular complexity index is 1430. The number of hydrogen-bond acceptors (Lipinski definition) is 5. The van der Waals surface area contributed by atoms with Gasteiger partial charge in [-0.1, -0.05) is 97.1 Å². The molecule has 0 unspecified atom stereocenters. The molecule has 0 saturated heterocycles. The first-order chi connectivity index (χ1) is 17.7. The number of nitrogens with zero attached hydrogens (tertiary/aromatic N) is 5. The average Bonchev–Trinajstić information content (AvgIpc) is 2.94. The molecule has 5 nitrogen and oxygen atoms in total. The monoisotopic (exact) mass is 467 g/mol. The largest absolute Gasteiger partial charge is 0.249 e. The molecule has 0 N–H and O–H groups in total. The van der Waals surface area contributed by atoms with Crippen LogP contribution in [0.5, 0.6) is 0 Å². The fourth-order valence-corrected chi connectivity index (χ4v) is 3.97. The highest BCUT2D eigenvalue weighted by Crippen LogP contribution is 2.31. The smallest absolute Gasteiger partial charge is 0.177 e. The molecule has 5 heteroatoms. The number of aromatic nitrogens is 3. The van der Waals surface area contributed by atoms with Gasteiger partial charge < -0.3 is 0 Å². The number of para-hydroxylation sites is 2. The Hall–Kier alpha value is -4.77. The molecule has 0 aliphatic carbocycles. The summed E-state index contributed by atoms with van der Waals surface area (Å²) in [4.78, 5) is 23.2. The van der Waals surface area contributed by atoms with Crippen molar-refractivity contribution in [2.45, 2.75) is 13.8 Å². The van der Waals surface area contributed by atoms with E-state index in [1.165, 1.54) is 6.33 Å². The lowest BCUT2D eigenvalue weighted by atomic mass is 10.0. The second kappa shape index (κ2) is 10.7. The van der Waals surface area contributed by atoms with E-state index < -0.39 is 0 Å². The molecule has 0 atom stereocenters. The van der Waals surface area contributed by atoms with Gasteiger partial charge in [0, 0.05) is 11.1 Å². The van der Waals surface area contributed by atoms with Crippen molar-refractivity contribution in [2.75, 3.05) is 0 Å². The van der Waals surface area contributed by atoms with Crippen molar-refractivity contribution in [3.05, 3.63) is 127 Å². The number of benzene rings is 4. The molecule has 5 aromatic rings. The van der Waals surface area contributed by atoms with Gasteiger partial charge in [-0.25, -0.2) is 24.9 Å². The molecule has 0 aliphatic heterocycles.